The number of hydrogen-bond donors (Lipinski definition) is 3. The maximum atomic E-state index is 13.1. The number of fused-ring (bicyclic) bond motifs is 1. The zero-order valence-corrected chi connectivity index (χ0v) is 13.9. The molecule has 3 N–H and O–H groups in total. The molecule has 5 nitrogen and oxygen atoms in total. The zero-order chi connectivity index (χ0) is 17.9. The van der Waals surface area contributed by atoms with Gasteiger partial charge in [-0.2, -0.15) is 0 Å². The highest BCUT2D eigenvalue weighted by Gasteiger charge is 2.22. The molecule has 0 radical (unpaired) electrons. The lowest BCUT2D eigenvalue weighted by atomic mass is 9.90. The fourth-order valence-corrected chi connectivity index (χ4v) is 3.11. The summed E-state index contributed by atoms with van der Waals surface area (Å²) in [6.45, 7) is 0. The lowest BCUT2D eigenvalue weighted by Gasteiger charge is -2.18. The predicted molar refractivity (Wildman–Crippen MR) is 102 cm³/mol. The molecule has 0 atom stereocenters. The second kappa shape index (κ2) is 6.72. The highest BCUT2D eigenvalue weighted by Crippen LogP contribution is 2.26. The zero-order valence-electron chi connectivity index (χ0n) is 13.9. The number of anilines is 1. The summed E-state index contributed by atoms with van der Waals surface area (Å²) < 4.78 is 0. The van der Waals surface area contributed by atoms with Crippen molar-refractivity contribution in [2.75, 3.05) is 5.32 Å². The molecule has 4 aromatic rings. The first-order valence-corrected chi connectivity index (χ1v) is 8.33. The number of amides is 1. The molecule has 0 aliphatic heterocycles. The maximum absolute atomic E-state index is 13.1. The summed E-state index contributed by atoms with van der Waals surface area (Å²) in [6.07, 6.45) is 0. The molecular formula is C21H17N3O2. The van der Waals surface area contributed by atoms with Gasteiger partial charge in [-0.15, -0.1) is 0 Å². The molecule has 5 heteroatoms. The van der Waals surface area contributed by atoms with Crippen LogP contribution in [0.25, 0.3) is 11.0 Å². The SMILES string of the molecule is O=C(Nc1ccc2[nH]c(=O)[nH]c2c1)C(c1ccccc1)c1ccccc1. The second-order valence-corrected chi connectivity index (χ2v) is 6.08. The number of carbonyl (C=O) groups excluding carboxylic acids is 1. The van der Waals surface area contributed by atoms with Crippen LogP contribution >= 0.6 is 0 Å². The molecule has 1 heterocycles. The van der Waals surface area contributed by atoms with Crippen molar-refractivity contribution in [1.29, 1.82) is 0 Å². The van der Waals surface area contributed by atoms with E-state index in [2.05, 4.69) is 15.3 Å². The standard InChI is InChI=1S/C21H17N3O2/c25-20(22-16-11-12-17-18(13-16)24-21(26)23-17)19(14-7-3-1-4-8-14)15-9-5-2-6-10-15/h1-13,19H,(H,22,25)(H2,23,24,26). The summed E-state index contributed by atoms with van der Waals surface area (Å²) in [4.78, 5) is 29.9. The molecule has 0 fully saturated rings. The van der Waals surface area contributed by atoms with Crippen molar-refractivity contribution in [3.8, 4) is 0 Å². The number of aromatic nitrogens is 2. The topological polar surface area (TPSA) is 77.8 Å². The minimum Gasteiger partial charge on any atom is -0.325 e. The van der Waals surface area contributed by atoms with E-state index in [1.807, 2.05) is 60.7 Å². The Morgan fingerprint density at radius 3 is 1.96 bits per heavy atom. The summed E-state index contributed by atoms with van der Waals surface area (Å²) in [5, 5.41) is 2.97. The monoisotopic (exact) mass is 343 g/mol. The Kier molecular flexibility index (Phi) is 4.11. The van der Waals surface area contributed by atoms with Gasteiger partial charge in [0, 0.05) is 5.69 Å². The van der Waals surface area contributed by atoms with E-state index >= 15 is 0 Å². The van der Waals surface area contributed by atoms with Crippen LogP contribution in [0.1, 0.15) is 17.0 Å². The Morgan fingerprint density at radius 2 is 1.35 bits per heavy atom. The Bertz CT molecular complexity index is 1060. The van der Waals surface area contributed by atoms with E-state index in [0.29, 0.717) is 16.7 Å². The van der Waals surface area contributed by atoms with E-state index in [9.17, 15) is 9.59 Å². The Balaban J connectivity index is 1.68. The third-order valence-electron chi connectivity index (χ3n) is 4.31. The molecule has 1 aromatic heterocycles. The van der Waals surface area contributed by atoms with Crippen molar-refractivity contribution >= 4 is 22.6 Å². The van der Waals surface area contributed by atoms with Gasteiger partial charge in [-0.05, 0) is 29.3 Å². The van der Waals surface area contributed by atoms with E-state index < -0.39 is 5.92 Å². The van der Waals surface area contributed by atoms with Gasteiger partial charge in [0.1, 0.15) is 0 Å². The largest absolute Gasteiger partial charge is 0.325 e. The second-order valence-electron chi connectivity index (χ2n) is 6.08. The number of H-pyrrole nitrogens is 2. The van der Waals surface area contributed by atoms with Crippen LogP contribution in [-0.2, 0) is 4.79 Å². The van der Waals surface area contributed by atoms with Gasteiger partial charge in [0.15, 0.2) is 0 Å². The van der Waals surface area contributed by atoms with Crippen molar-refractivity contribution in [3.05, 3.63) is 100 Å². The van der Waals surface area contributed by atoms with Gasteiger partial charge < -0.3 is 15.3 Å². The number of nitrogens with one attached hydrogen (secondary N) is 3. The molecule has 0 spiro atoms. The van der Waals surface area contributed by atoms with Crippen LogP contribution in [0.3, 0.4) is 0 Å². The van der Waals surface area contributed by atoms with Crippen molar-refractivity contribution in [2.45, 2.75) is 5.92 Å². The molecule has 4 rings (SSSR count). The quantitative estimate of drug-likeness (QED) is 0.529. The third-order valence-corrected chi connectivity index (χ3v) is 4.31. The minimum atomic E-state index is -0.418. The summed E-state index contributed by atoms with van der Waals surface area (Å²) in [5.74, 6) is -0.544. The van der Waals surface area contributed by atoms with Gasteiger partial charge in [-0.1, -0.05) is 60.7 Å². The van der Waals surface area contributed by atoms with Gasteiger partial charge in [-0.25, -0.2) is 4.79 Å². The predicted octanol–water partition coefficient (Wildman–Crippen LogP) is 3.63. The van der Waals surface area contributed by atoms with Gasteiger partial charge in [0.25, 0.3) is 0 Å². The van der Waals surface area contributed by atoms with Crippen molar-refractivity contribution < 1.29 is 4.79 Å². The normalized spacial score (nSPS) is 11.0. The van der Waals surface area contributed by atoms with Crippen LogP contribution in [0, 0.1) is 0 Å². The molecule has 26 heavy (non-hydrogen) atoms. The fraction of sp³-hybridized carbons (Fsp3) is 0.0476. The smallest absolute Gasteiger partial charge is 0.323 e. The van der Waals surface area contributed by atoms with E-state index in [1.54, 1.807) is 18.2 Å². The van der Waals surface area contributed by atoms with Crippen molar-refractivity contribution in [3.63, 3.8) is 0 Å². The highest BCUT2D eigenvalue weighted by molar-refractivity contribution is 5.99. The van der Waals surface area contributed by atoms with Crippen molar-refractivity contribution in [1.82, 2.24) is 9.97 Å². The Hall–Kier alpha value is -3.60. The first-order valence-electron chi connectivity index (χ1n) is 8.33. The van der Waals surface area contributed by atoms with E-state index in [0.717, 1.165) is 11.1 Å². The molecule has 0 saturated heterocycles. The van der Waals surface area contributed by atoms with Crippen LogP contribution < -0.4 is 11.0 Å². The molecule has 0 saturated carbocycles. The van der Waals surface area contributed by atoms with Crippen LogP contribution in [0.2, 0.25) is 0 Å². The maximum Gasteiger partial charge on any atom is 0.323 e. The first-order chi connectivity index (χ1) is 12.7. The highest BCUT2D eigenvalue weighted by atomic mass is 16.2. The van der Waals surface area contributed by atoms with E-state index in [1.165, 1.54) is 0 Å². The third kappa shape index (κ3) is 3.15. The average molecular weight is 343 g/mol. The lowest BCUT2D eigenvalue weighted by Crippen LogP contribution is -2.22. The summed E-state index contributed by atoms with van der Waals surface area (Å²) in [6, 6.07) is 24.6. The van der Waals surface area contributed by atoms with Crippen LogP contribution in [0.5, 0.6) is 0 Å². The van der Waals surface area contributed by atoms with Gasteiger partial charge >= 0.3 is 5.69 Å². The number of carbonyl (C=O) groups is 1. The average Bonchev–Trinajstić information content (AvgIpc) is 3.03. The minimum absolute atomic E-state index is 0.125. The molecule has 0 aliphatic carbocycles. The molecule has 0 aliphatic rings. The lowest BCUT2D eigenvalue weighted by molar-refractivity contribution is -0.116. The molecule has 0 unspecified atom stereocenters. The van der Waals surface area contributed by atoms with Gasteiger partial charge in [0.2, 0.25) is 5.91 Å². The Labute approximate surface area is 149 Å². The van der Waals surface area contributed by atoms with Gasteiger partial charge in [0.05, 0.1) is 17.0 Å². The molecular weight excluding hydrogens is 326 g/mol. The molecule has 128 valence electrons. The number of aromatic amines is 2. The number of rotatable bonds is 4. The van der Waals surface area contributed by atoms with Gasteiger partial charge in [-0.3, -0.25) is 4.79 Å². The van der Waals surface area contributed by atoms with Crippen LogP contribution in [-0.4, -0.2) is 15.9 Å². The summed E-state index contributed by atoms with van der Waals surface area (Å²) >= 11 is 0. The van der Waals surface area contributed by atoms with E-state index in [4.69, 9.17) is 0 Å². The van der Waals surface area contributed by atoms with Crippen LogP contribution in [0.15, 0.2) is 83.7 Å². The van der Waals surface area contributed by atoms with Crippen LogP contribution in [0.4, 0.5) is 5.69 Å². The number of benzene rings is 3. The summed E-state index contributed by atoms with van der Waals surface area (Å²) in [5.41, 5.74) is 3.57. The number of hydrogen-bond acceptors (Lipinski definition) is 2. The molecule has 1 amide bonds. The van der Waals surface area contributed by atoms with Crippen molar-refractivity contribution in [2.24, 2.45) is 0 Å². The van der Waals surface area contributed by atoms with E-state index in [-0.39, 0.29) is 11.6 Å². The molecule has 3 aromatic carbocycles. The molecule has 0 bridgehead atoms. The first kappa shape index (κ1) is 15.9. The fourth-order valence-electron chi connectivity index (χ4n) is 3.11. The summed E-state index contributed by atoms with van der Waals surface area (Å²) in [7, 11) is 0. The Morgan fingerprint density at radius 1 is 0.769 bits per heavy atom. The number of imidazole rings is 1.